The summed E-state index contributed by atoms with van der Waals surface area (Å²) in [4.78, 5) is 4.65. The molecule has 20 heavy (non-hydrogen) atoms. The third-order valence-corrected chi connectivity index (χ3v) is 3.32. The Bertz CT molecular complexity index is 783. The maximum Gasteiger partial charge on any atom is 0.162 e. The molecule has 0 atom stereocenters. The van der Waals surface area contributed by atoms with Crippen LogP contribution in [0.15, 0.2) is 36.4 Å². The first kappa shape index (κ1) is 12.5. The normalized spacial score (nSPS) is 10.8. The molecule has 0 bridgehead atoms. The zero-order valence-corrected chi connectivity index (χ0v) is 11.6. The molecule has 1 aromatic heterocycles. The first-order chi connectivity index (χ1) is 9.75. The second-order valence-electron chi connectivity index (χ2n) is 4.45. The standard InChI is InChI=1S/C16H15NO3/c1-18-12-4-5-13-10(7-12)6-11-8-15(19-2)16(20-3)9-14(11)17-13/h4-9H,1-3H3. The molecule has 0 amide bonds. The highest BCUT2D eigenvalue weighted by molar-refractivity contribution is 5.94. The molecule has 1 heterocycles. The van der Waals surface area contributed by atoms with Crippen LogP contribution in [0.3, 0.4) is 0 Å². The van der Waals surface area contributed by atoms with E-state index in [-0.39, 0.29) is 0 Å². The van der Waals surface area contributed by atoms with Gasteiger partial charge in [0.1, 0.15) is 5.75 Å². The Labute approximate surface area is 116 Å². The molecule has 0 saturated carbocycles. The molecule has 3 aromatic rings. The van der Waals surface area contributed by atoms with E-state index in [9.17, 15) is 0 Å². The van der Waals surface area contributed by atoms with Gasteiger partial charge in [-0.15, -0.1) is 0 Å². The zero-order chi connectivity index (χ0) is 14.1. The lowest BCUT2D eigenvalue weighted by molar-refractivity contribution is 0.356. The quantitative estimate of drug-likeness (QED) is 0.683. The predicted molar refractivity (Wildman–Crippen MR) is 78.9 cm³/mol. The number of aromatic nitrogens is 1. The molecular weight excluding hydrogens is 254 g/mol. The largest absolute Gasteiger partial charge is 0.497 e. The lowest BCUT2D eigenvalue weighted by Gasteiger charge is -2.10. The molecule has 0 saturated heterocycles. The number of benzene rings is 2. The molecule has 0 aliphatic carbocycles. The third kappa shape index (κ3) is 1.99. The number of methoxy groups -OCH3 is 3. The highest BCUT2D eigenvalue weighted by Crippen LogP contribution is 2.33. The fourth-order valence-electron chi connectivity index (χ4n) is 2.27. The first-order valence-electron chi connectivity index (χ1n) is 6.25. The van der Waals surface area contributed by atoms with Gasteiger partial charge in [-0.3, -0.25) is 0 Å². The number of hydrogen-bond donors (Lipinski definition) is 0. The minimum Gasteiger partial charge on any atom is -0.497 e. The summed E-state index contributed by atoms with van der Waals surface area (Å²) in [5.41, 5.74) is 1.80. The second kappa shape index (κ2) is 4.89. The van der Waals surface area contributed by atoms with E-state index in [2.05, 4.69) is 11.1 Å². The summed E-state index contributed by atoms with van der Waals surface area (Å²) in [5.74, 6) is 2.20. The van der Waals surface area contributed by atoms with Crippen LogP contribution in [0.1, 0.15) is 0 Å². The fourth-order valence-corrected chi connectivity index (χ4v) is 2.27. The summed E-state index contributed by atoms with van der Waals surface area (Å²) in [6.07, 6.45) is 0. The molecule has 4 heteroatoms. The maximum atomic E-state index is 5.32. The van der Waals surface area contributed by atoms with Crippen molar-refractivity contribution in [3.63, 3.8) is 0 Å². The van der Waals surface area contributed by atoms with Crippen molar-refractivity contribution in [3.05, 3.63) is 36.4 Å². The van der Waals surface area contributed by atoms with Gasteiger partial charge in [-0.25, -0.2) is 4.98 Å². The van der Waals surface area contributed by atoms with Crippen LogP contribution >= 0.6 is 0 Å². The summed E-state index contributed by atoms with van der Waals surface area (Å²) in [6.45, 7) is 0. The van der Waals surface area contributed by atoms with E-state index in [0.717, 1.165) is 27.6 Å². The van der Waals surface area contributed by atoms with Gasteiger partial charge in [0.2, 0.25) is 0 Å². The Morgan fingerprint density at radius 1 is 0.700 bits per heavy atom. The van der Waals surface area contributed by atoms with Crippen molar-refractivity contribution in [2.75, 3.05) is 21.3 Å². The molecule has 4 nitrogen and oxygen atoms in total. The van der Waals surface area contributed by atoms with Crippen molar-refractivity contribution < 1.29 is 14.2 Å². The number of pyridine rings is 1. The van der Waals surface area contributed by atoms with Crippen molar-refractivity contribution in [2.24, 2.45) is 0 Å². The van der Waals surface area contributed by atoms with Crippen molar-refractivity contribution in [1.82, 2.24) is 4.98 Å². The minimum atomic E-state index is 0.681. The zero-order valence-electron chi connectivity index (χ0n) is 11.6. The van der Waals surface area contributed by atoms with Gasteiger partial charge in [-0.2, -0.15) is 0 Å². The Morgan fingerprint density at radius 2 is 1.40 bits per heavy atom. The molecular formula is C16H15NO3. The summed E-state index contributed by atoms with van der Waals surface area (Å²) in [6, 6.07) is 11.7. The van der Waals surface area contributed by atoms with E-state index in [1.54, 1.807) is 21.3 Å². The Hall–Kier alpha value is -2.49. The van der Waals surface area contributed by atoms with Crippen molar-refractivity contribution >= 4 is 21.8 Å². The fraction of sp³-hybridized carbons (Fsp3) is 0.188. The van der Waals surface area contributed by atoms with Crippen molar-refractivity contribution in [2.45, 2.75) is 0 Å². The summed E-state index contributed by atoms with van der Waals surface area (Å²) in [7, 11) is 4.90. The predicted octanol–water partition coefficient (Wildman–Crippen LogP) is 3.41. The van der Waals surface area contributed by atoms with E-state index in [4.69, 9.17) is 14.2 Å². The maximum absolute atomic E-state index is 5.32. The van der Waals surface area contributed by atoms with Gasteiger partial charge in [0.25, 0.3) is 0 Å². The molecule has 0 radical (unpaired) electrons. The topological polar surface area (TPSA) is 40.6 Å². The summed E-state index contributed by atoms with van der Waals surface area (Å²) < 4.78 is 15.9. The van der Waals surface area contributed by atoms with Crippen LogP contribution in [0.5, 0.6) is 17.2 Å². The smallest absolute Gasteiger partial charge is 0.162 e. The van der Waals surface area contributed by atoms with Crippen molar-refractivity contribution in [1.29, 1.82) is 0 Å². The van der Waals surface area contributed by atoms with Gasteiger partial charge in [0.15, 0.2) is 11.5 Å². The van der Waals surface area contributed by atoms with Crippen LogP contribution in [0, 0.1) is 0 Å². The molecule has 0 spiro atoms. The van der Waals surface area contributed by atoms with E-state index in [0.29, 0.717) is 11.5 Å². The molecule has 102 valence electrons. The van der Waals surface area contributed by atoms with Gasteiger partial charge in [-0.05, 0) is 30.3 Å². The van der Waals surface area contributed by atoms with Crippen LogP contribution < -0.4 is 14.2 Å². The molecule has 0 aliphatic rings. The monoisotopic (exact) mass is 269 g/mol. The lowest BCUT2D eigenvalue weighted by atomic mass is 10.1. The molecule has 3 rings (SSSR count). The van der Waals surface area contributed by atoms with Crippen LogP contribution in [0.4, 0.5) is 0 Å². The summed E-state index contributed by atoms with van der Waals surface area (Å²) in [5, 5.41) is 2.03. The number of ether oxygens (including phenoxy) is 3. The minimum absolute atomic E-state index is 0.681. The van der Waals surface area contributed by atoms with E-state index in [1.807, 2.05) is 30.3 Å². The number of nitrogens with zero attached hydrogens (tertiary/aromatic N) is 1. The van der Waals surface area contributed by atoms with Gasteiger partial charge in [0, 0.05) is 16.8 Å². The lowest BCUT2D eigenvalue weighted by Crippen LogP contribution is -1.92. The van der Waals surface area contributed by atoms with Gasteiger partial charge >= 0.3 is 0 Å². The Morgan fingerprint density at radius 3 is 2.10 bits per heavy atom. The Kier molecular flexibility index (Phi) is 3.06. The number of fused-ring (bicyclic) bond motifs is 2. The van der Waals surface area contributed by atoms with E-state index in [1.165, 1.54) is 0 Å². The van der Waals surface area contributed by atoms with E-state index >= 15 is 0 Å². The average Bonchev–Trinajstić information content (AvgIpc) is 2.50. The van der Waals surface area contributed by atoms with E-state index < -0.39 is 0 Å². The second-order valence-corrected chi connectivity index (χ2v) is 4.45. The number of hydrogen-bond acceptors (Lipinski definition) is 4. The first-order valence-corrected chi connectivity index (χ1v) is 6.25. The Balaban J connectivity index is 2.29. The van der Waals surface area contributed by atoms with Crippen LogP contribution in [-0.2, 0) is 0 Å². The molecule has 0 fully saturated rings. The number of rotatable bonds is 3. The molecule has 0 aliphatic heterocycles. The van der Waals surface area contributed by atoms with Gasteiger partial charge in [-0.1, -0.05) is 0 Å². The van der Waals surface area contributed by atoms with Gasteiger partial charge in [0.05, 0.1) is 32.4 Å². The van der Waals surface area contributed by atoms with Gasteiger partial charge < -0.3 is 14.2 Å². The molecule has 0 unspecified atom stereocenters. The van der Waals surface area contributed by atoms with Crippen LogP contribution in [0.25, 0.3) is 21.8 Å². The third-order valence-electron chi connectivity index (χ3n) is 3.32. The van der Waals surface area contributed by atoms with Crippen molar-refractivity contribution in [3.8, 4) is 17.2 Å². The average molecular weight is 269 g/mol. The highest BCUT2D eigenvalue weighted by Gasteiger charge is 2.08. The molecule has 2 aromatic carbocycles. The SMILES string of the molecule is COc1ccc2nc3cc(OC)c(OC)cc3cc2c1. The summed E-state index contributed by atoms with van der Waals surface area (Å²) >= 11 is 0. The highest BCUT2D eigenvalue weighted by atomic mass is 16.5. The van der Waals surface area contributed by atoms with Crippen LogP contribution in [-0.4, -0.2) is 26.3 Å². The van der Waals surface area contributed by atoms with Crippen LogP contribution in [0.2, 0.25) is 0 Å². The molecule has 0 N–H and O–H groups in total.